The van der Waals surface area contributed by atoms with Gasteiger partial charge in [-0.25, -0.2) is 4.79 Å². The van der Waals surface area contributed by atoms with E-state index in [4.69, 9.17) is 14.2 Å². The number of nitrogens with one attached hydrogen (secondary N) is 1. The number of hydrogen-bond donors (Lipinski definition) is 1. The van der Waals surface area contributed by atoms with Crippen molar-refractivity contribution in [2.24, 2.45) is 0 Å². The Kier molecular flexibility index (Phi) is 5.75. The van der Waals surface area contributed by atoms with Gasteiger partial charge in [0.1, 0.15) is 18.1 Å². The number of methoxy groups -OCH3 is 2. The molecule has 0 aromatic heterocycles. The standard InChI is InChI=1S/C23H25N3O6/c1-25-21(28)23(24-22(25)29,16-5-8-17(9-6-16)32-11-10-30-2)14-26-13-15-4-7-18(31-3)12-19(15)20(26)27/h4-9,12H,10-11,13-14H2,1-3H3,(H,24,29)/t23-/m0/s1. The number of urea groups is 1. The zero-order chi connectivity index (χ0) is 22.9. The number of carbonyl (C=O) groups is 3. The van der Waals surface area contributed by atoms with Crippen molar-refractivity contribution in [1.82, 2.24) is 15.1 Å². The van der Waals surface area contributed by atoms with Crippen LogP contribution in [0, 0.1) is 0 Å². The number of fused-ring (bicyclic) bond motifs is 1. The van der Waals surface area contributed by atoms with Gasteiger partial charge in [0, 0.05) is 26.3 Å². The number of carbonyl (C=O) groups excluding carboxylic acids is 3. The summed E-state index contributed by atoms with van der Waals surface area (Å²) in [6.45, 7) is 1.18. The summed E-state index contributed by atoms with van der Waals surface area (Å²) in [5, 5.41) is 2.81. The fraction of sp³-hybridized carbons (Fsp3) is 0.348. The third-order valence-corrected chi connectivity index (χ3v) is 5.82. The second-order valence-electron chi connectivity index (χ2n) is 7.75. The molecular formula is C23H25N3O6. The predicted molar refractivity (Wildman–Crippen MR) is 115 cm³/mol. The first-order chi connectivity index (χ1) is 15.4. The molecule has 2 aliphatic heterocycles. The Balaban J connectivity index is 1.63. The number of amides is 4. The summed E-state index contributed by atoms with van der Waals surface area (Å²) < 4.78 is 15.8. The molecule has 0 aliphatic carbocycles. The molecular weight excluding hydrogens is 414 g/mol. The molecule has 9 nitrogen and oxygen atoms in total. The molecule has 4 rings (SSSR count). The molecule has 0 unspecified atom stereocenters. The van der Waals surface area contributed by atoms with Crippen molar-refractivity contribution in [2.75, 3.05) is 41.0 Å². The number of benzene rings is 2. The minimum atomic E-state index is -1.39. The van der Waals surface area contributed by atoms with E-state index in [2.05, 4.69) is 5.32 Å². The van der Waals surface area contributed by atoms with E-state index in [1.165, 1.54) is 7.05 Å². The van der Waals surface area contributed by atoms with E-state index in [1.54, 1.807) is 55.5 Å². The average Bonchev–Trinajstić information content (AvgIpc) is 3.23. The van der Waals surface area contributed by atoms with Crippen LogP contribution in [0.1, 0.15) is 21.5 Å². The highest BCUT2D eigenvalue weighted by atomic mass is 16.5. The maximum Gasteiger partial charge on any atom is 0.325 e. The molecule has 0 radical (unpaired) electrons. The van der Waals surface area contributed by atoms with Gasteiger partial charge in [-0.15, -0.1) is 0 Å². The first-order valence-electron chi connectivity index (χ1n) is 10.2. The first-order valence-corrected chi connectivity index (χ1v) is 10.2. The van der Waals surface area contributed by atoms with Gasteiger partial charge < -0.3 is 24.4 Å². The van der Waals surface area contributed by atoms with Crippen LogP contribution in [-0.4, -0.2) is 68.7 Å². The maximum atomic E-state index is 13.2. The van der Waals surface area contributed by atoms with Crippen molar-refractivity contribution in [2.45, 2.75) is 12.1 Å². The summed E-state index contributed by atoms with van der Waals surface area (Å²) in [7, 11) is 4.56. The summed E-state index contributed by atoms with van der Waals surface area (Å²) >= 11 is 0. The topological polar surface area (TPSA) is 97.4 Å². The third kappa shape index (κ3) is 3.64. The highest BCUT2D eigenvalue weighted by Gasteiger charge is 2.53. The SMILES string of the molecule is COCCOc1ccc([C@]2(CN3Cc4ccc(OC)cc4C3=O)NC(=O)N(C)C2=O)cc1. The van der Waals surface area contributed by atoms with E-state index in [1.807, 2.05) is 6.07 Å². The Hall–Kier alpha value is -3.59. The molecule has 32 heavy (non-hydrogen) atoms. The van der Waals surface area contributed by atoms with Gasteiger partial charge in [-0.3, -0.25) is 14.5 Å². The molecule has 168 valence electrons. The number of ether oxygens (including phenoxy) is 3. The lowest BCUT2D eigenvalue weighted by molar-refractivity contribution is -0.131. The van der Waals surface area contributed by atoms with E-state index in [-0.39, 0.29) is 12.5 Å². The molecule has 0 bridgehead atoms. The number of imide groups is 1. The smallest absolute Gasteiger partial charge is 0.325 e. The minimum Gasteiger partial charge on any atom is -0.497 e. The van der Waals surface area contributed by atoms with E-state index in [0.29, 0.717) is 42.4 Å². The van der Waals surface area contributed by atoms with Crippen molar-refractivity contribution in [3.63, 3.8) is 0 Å². The van der Waals surface area contributed by atoms with Gasteiger partial charge in [0.2, 0.25) is 0 Å². The number of likely N-dealkylation sites (N-methyl/N-ethyl adjacent to an activating group) is 1. The number of hydrogen-bond acceptors (Lipinski definition) is 6. The molecule has 9 heteroatoms. The largest absolute Gasteiger partial charge is 0.497 e. The maximum absolute atomic E-state index is 13.2. The fourth-order valence-corrected chi connectivity index (χ4v) is 4.05. The zero-order valence-electron chi connectivity index (χ0n) is 18.2. The van der Waals surface area contributed by atoms with Crippen LogP contribution in [0.2, 0.25) is 0 Å². The van der Waals surface area contributed by atoms with Gasteiger partial charge >= 0.3 is 6.03 Å². The lowest BCUT2D eigenvalue weighted by Gasteiger charge is -2.31. The quantitative estimate of drug-likeness (QED) is 0.497. The molecule has 4 amide bonds. The van der Waals surface area contributed by atoms with Crippen LogP contribution in [0.3, 0.4) is 0 Å². The van der Waals surface area contributed by atoms with Crippen LogP contribution in [0.15, 0.2) is 42.5 Å². The second kappa shape index (κ2) is 8.51. The van der Waals surface area contributed by atoms with Gasteiger partial charge in [-0.1, -0.05) is 18.2 Å². The lowest BCUT2D eigenvalue weighted by Crippen LogP contribution is -2.52. The molecule has 1 atom stereocenters. The first kappa shape index (κ1) is 21.6. The van der Waals surface area contributed by atoms with Crippen molar-refractivity contribution in [1.29, 1.82) is 0 Å². The van der Waals surface area contributed by atoms with Crippen molar-refractivity contribution in [3.05, 3.63) is 59.2 Å². The van der Waals surface area contributed by atoms with Gasteiger partial charge in [0.25, 0.3) is 11.8 Å². The molecule has 1 saturated heterocycles. The number of nitrogens with zero attached hydrogens (tertiary/aromatic N) is 2. The Morgan fingerprint density at radius 3 is 2.34 bits per heavy atom. The van der Waals surface area contributed by atoms with Crippen molar-refractivity contribution in [3.8, 4) is 11.5 Å². The Morgan fingerprint density at radius 1 is 1.00 bits per heavy atom. The molecule has 2 aliphatic rings. The average molecular weight is 439 g/mol. The molecule has 2 aromatic rings. The van der Waals surface area contributed by atoms with Crippen LogP contribution >= 0.6 is 0 Å². The van der Waals surface area contributed by atoms with Gasteiger partial charge in [0.15, 0.2) is 5.54 Å². The Bertz CT molecular complexity index is 1050. The molecule has 0 spiro atoms. The summed E-state index contributed by atoms with van der Waals surface area (Å²) in [4.78, 5) is 41.4. The normalized spacial score (nSPS) is 19.9. The fourth-order valence-electron chi connectivity index (χ4n) is 4.05. The minimum absolute atomic E-state index is 0.00161. The van der Waals surface area contributed by atoms with E-state index in [9.17, 15) is 14.4 Å². The van der Waals surface area contributed by atoms with Crippen LogP contribution in [0.5, 0.6) is 11.5 Å². The summed E-state index contributed by atoms with van der Waals surface area (Å²) in [5.74, 6) is 0.566. The van der Waals surface area contributed by atoms with Gasteiger partial charge in [0.05, 0.1) is 20.3 Å². The monoisotopic (exact) mass is 439 g/mol. The molecule has 2 heterocycles. The predicted octanol–water partition coefficient (Wildman–Crippen LogP) is 1.75. The van der Waals surface area contributed by atoms with Crippen LogP contribution in [-0.2, 0) is 21.6 Å². The summed E-state index contributed by atoms with van der Waals surface area (Å²) in [6, 6.07) is 11.7. The van der Waals surface area contributed by atoms with E-state index >= 15 is 0 Å². The number of rotatable bonds is 8. The van der Waals surface area contributed by atoms with Crippen LogP contribution in [0.4, 0.5) is 4.79 Å². The lowest BCUT2D eigenvalue weighted by atomic mass is 9.89. The van der Waals surface area contributed by atoms with E-state index < -0.39 is 17.5 Å². The summed E-state index contributed by atoms with van der Waals surface area (Å²) in [6.07, 6.45) is 0. The highest BCUT2D eigenvalue weighted by molar-refractivity contribution is 6.08. The van der Waals surface area contributed by atoms with Crippen LogP contribution < -0.4 is 14.8 Å². The van der Waals surface area contributed by atoms with Gasteiger partial charge in [-0.2, -0.15) is 0 Å². The zero-order valence-corrected chi connectivity index (χ0v) is 18.2. The molecule has 2 aromatic carbocycles. The Labute approximate surface area is 185 Å². The molecule has 1 N–H and O–H groups in total. The highest BCUT2D eigenvalue weighted by Crippen LogP contribution is 2.34. The van der Waals surface area contributed by atoms with Gasteiger partial charge in [-0.05, 0) is 35.4 Å². The van der Waals surface area contributed by atoms with Crippen LogP contribution in [0.25, 0.3) is 0 Å². The third-order valence-electron chi connectivity index (χ3n) is 5.82. The van der Waals surface area contributed by atoms with Crippen molar-refractivity contribution < 1.29 is 28.6 Å². The van der Waals surface area contributed by atoms with Crippen molar-refractivity contribution >= 4 is 17.8 Å². The Morgan fingerprint density at radius 2 is 1.72 bits per heavy atom. The molecule has 0 saturated carbocycles. The molecule has 1 fully saturated rings. The summed E-state index contributed by atoms with van der Waals surface area (Å²) in [5.41, 5.74) is 0.559. The second-order valence-corrected chi connectivity index (χ2v) is 7.75. The van der Waals surface area contributed by atoms with E-state index in [0.717, 1.165) is 10.5 Å².